The van der Waals surface area contributed by atoms with Crippen LogP contribution in [0.15, 0.2) is 24.4 Å². The van der Waals surface area contributed by atoms with Crippen molar-refractivity contribution >= 4 is 23.5 Å². The van der Waals surface area contributed by atoms with Crippen LogP contribution in [0.4, 0.5) is 25.1 Å². The van der Waals surface area contributed by atoms with Crippen molar-refractivity contribution in [3.8, 4) is 17.1 Å². The fraction of sp³-hybridized carbons (Fsp3) is 0.421. The van der Waals surface area contributed by atoms with Gasteiger partial charge in [0.25, 0.3) is 6.43 Å². The van der Waals surface area contributed by atoms with Crippen molar-refractivity contribution in [3.05, 3.63) is 24.4 Å². The Bertz CT molecular complexity index is 980. The van der Waals surface area contributed by atoms with Crippen LogP contribution in [0, 0.1) is 0 Å². The molecule has 30 heavy (non-hydrogen) atoms. The molecular formula is C19H21F2N5O4. The second-order valence-electron chi connectivity index (χ2n) is 7.15. The van der Waals surface area contributed by atoms with Gasteiger partial charge in [-0.25, -0.2) is 23.5 Å². The lowest BCUT2D eigenvalue weighted by Gasteiger charge is -2.19. The molecule has 2 aliphatic rings. The monoisotopic (exact) mass is 421 g/mol. The van der Waals surface area contributed by atoms with Gasteiger partial charge in [0, 0.05) is 24.5 Å². The van der Waals surface area contributed by atoms with E-state index in [9.17, 15) is 18.4 Å². The van der Waals surface area contributed by atoms with Crippen LogP contribution in [0.25, 0.3) is 11.4 Å². The van der Waals surface area contributed by atoms with Crippen LogP contribution in [0.5, 0.6) is 5.75 Å². The number of nitrogens with zero attached hydrogens (tertiary/aromatic N) is 3. The minimum absolute atomic E-state index is 0.107. The normalized spacial score (nSPS) is 19.3. The van der Waals surface area contributed by atoms with E-state index in [0.29, 0.717) is 42.4 Å². The summed E-state index contributed by atoms with van der Waals surface area (Å²) in [6.45, 7) is 2.24. The summed E-state index contributed by atoms with van der Waals surface area (Å²) in [5.41, 5.74) is 6.57. The Morgan fingerprint density at radius 1 is 1.37 bits per heavy atom. The number of benzene rings is 1. The molecule has 11 heteroatoms. The molecule has 1 saturated heterocycles. The lowest BCUT2D eigenvalue weighted by molar-refractivity contribution is -0.118. The van der Waals surface area contributed by atoms with Gasteiger partial charge in [-0.1, -0.05) is 0 Å². The molecule has 2 aliphatic heterocycles. The van der Waals surface area contributed by atoms with Crippen LogP contribution in [-0.4, -0.2) is 53.3 Å². The first-order valence-corrected chi connectivity index (χ1v) is 9.49. The van der Waals surface area contributed by atoms with Crippen molar-refractivity contribution in [2.75, 3.05) is 23.4 Å². The third-order valence-electron chi connectivity index (χ3n) is 5.04. The lowest BCUT2D eigenvalue weighted by atomic mass is 10.1. The summed E-state index contributed by atoms with van der Waals surface area (Å²) in [5, 5.41) is 2.99. The number of ether oxygens (including phenoxy) is 2. The molecule has 0 unspecified atom stereocenters. The number of aryl methyl sites for hydroxylation is 1. The third kappa shape index (κ3) is 3.62. The Balaban J connectivity index is 1.71. The van der Waals surface area contributed by atoms with Gasteiger partial charge >= 0.3 is 6.09 Å². The number of primary amides is 1. The van der Waals surface area contributed by atoms with E-state index in [0.717, 1.165) is 4.90 Å². The molecule has 0 aliphatic carbocycles. The van der Waals surface area contributed by atoms with E-state index in [1.165, 1.54) is 0 Å². The molecule has 0 bridgehead atoms. The number of rotatable bonds is 5. The zero-order valence-electron chi connectivity index (χ0n) is 16.2. The van der Waals surface area contributed by atoms with Crippen molar-refractivity contribution in [2.45, 2.75) is 38.4 Å². The summed E-state index contributed by atoms with van der Waals surface area (Å²) >= 11 is 0. The summed E-state index contributed by atoms with van der Waals surface area (Å²) in [7, 11) is 0. The molecule has 2 atom stereocenters. The van der Waals surface area contributed by atoms with Crippen LogP contribution in [-0.2, 0) is 16.1 Å². The molecule has 1 aromatic heterocycles. The van der Waals surface area contributed by atoms with Gasteiger partial charge in [-0.3, -0.25) is 4.79 Å². The molecule has 3 heterocycles. The molecule has 0 saturated carbocycles. The second kappa shape index (κ2) is 7.81. The van der Waals surface area contributed by atoms with Crippen LogP contribution >= 0.6 is 0 Å². The average Bonchev–Trinajstić information content (AvgIpc) is 3.26. The number of carbonyl (C=O) groups excluding carboxylic acids is 2. The van der Waals surface area contributed by atoms with Crippen molar-refractivity contribution in [1.82, 2.24) is 9.55 Å². The number of halogens is 2. The molecule has 1 fully saturated rings. The fourth-order valence-corrected chi connectivity index (χ4v) is 3.44. The maximum atomic E-state index is 13.3. The Morgan fingerprint density at radius 2 is 2.17 bits per heavy atom. The molecule has 3 N–H and O–H groups in total. The molecule has 2 aromatic rings. The summed E-state index contributed by atoms with van der Waals surface area (Å²) in [6.07, 6.45) is -1.37. The van der Waals surface area contributed by atoms with E-state index in [4.69, 9.17) is 15.2 Å². The van der Waals surface area contributed by atoms with Crippen LogP contribution in [0.1, 0.15) is 13.3 Å². The van der Waals surface area contributed by atoms with Gasteiger partial charge in [-0.05, 0) is 25.5 Å². The van der Waals surface area contributed by atoms with Crippen molar-refractivity contribution in [2.24, 2.45) is 5.73 Å². The number of carbonyl (C=O) groups is 2. The molecule has 160 valence electrons. The number of amides is 2. The SMILES string of the molecule is C[C@H](Nc1ccc2c(c1)OCCCn1cc(N3C(=O)OC[C@H]3C(F)F)nc1-2)C(N)=O. The van der Waals surface area contributed by atoms with Crippen LogP contribution in [0.3, 0.4) is 0 Å². The predicted molar refractivity (Wildman–Crippen MR) is 104 cm³/mol. The number of hydrogen-bond donors (Lipinski definition) is 2. The number of alkyl halides is 2. The van der Waals surface area contributed by atoms with Gasteiger partial charge in [0.2, 0.25) is 5.91 Å². The summed E-state index contributed by atoms with van der Waals surface area (Å²) in [4.78, 5) is 28.7. The molecule has 4 rings (SSSR count). The van der Waals surface area contributed by atoms with Crippen LogP contribution in [0.2, 0.25) is 0 Å². The zero-order valence-corrected chi connectivity index (χ0v) is 16.2. The Labute approximate surface area is 170 Å². The minimum atomic E-state index is -2.75. The maximum Gasteiger partial charge on any atom is 0.416 e. The molecule has 1 aromatic carbocycles. The number of anilines is 2. The first-order chi connectivity index (χ1) is 14.3. The second-order valence-corrected chi connectivity index (χ2v) is 7.15. The number of nitrogens with one attached hydrogen (secondary N) is 1. The number of hydrogen-bond acceptors (Lipinski definition) is 6. The molecule has 0 spiro atoms. The minimum Gasteiger partial charge on any atom is -0.493 e. The smallest absolute Gasteiger partial charge is 0.416 e. The first-order valence-electron chi connectivity index (χ1n) is 9.49. The topological polar surface area (TPSA) is 112 Å². The number of cyclic esters (lactones) is 1. The highest BCUT2D eigenvalue weighted by Crippen LogP contribution is 2.36. The van der Waals surface area contributed by atoms with Gasteiger partial charge in [-0.2, -0.15) is 0 Å². The lowest BCUT2D eigenvalue weighted by Crippen LogP contribution is -2.38. The van der Waals surface area contributed by atoms with Gasteiger partial charge < -0.3 is 25.1 Å². The molecule has 0 radical (unpaired) electrons. The van der Waals surface area contributed by atoms with Crippen LogP contribution < -0.4 is 20.7 Å². The van der Waals surface area contributed by atoms with Gasteiger partial charge in [0.05, 0.1) is 12.2 Å². The number of nitrogens with two attached hydrogens (primary N) is 1. The van der Waals surface area contributed by atoms with E-state index in [-0.39, 0.29) is 12.4 Å². The number of fused-ring (bicyclic) bond motifs is 3. The summed E-state index contributed by atoms with van der Waals surface area (Å²) < 4.78 is 39.1. The van der Waals surface area contributed by atoms with E-state index in [1.54, 1.807) is 31.3 Å². The molecule has 2 amide bonds. The Kier molecular flexibility index (Phi) is 5.18. The van der Waals surface area contributed by atoms with Gasteiger partial charge in [0.1, 0.15) is 30.3 Å². The largest absolute Gasteiger partial charge is 0.493 e. The van der Waals surface area contributed by atoms with Gasteiger partial charge in [0.15, 0.2) is 5.82 Å². The van der Waals surface area contributed by atoms with E-state index < -0.39 is 30.5 Å². The van der Waals surface area contributed by atoms with E-state index in [2.05, 4.69) is 10.3 Å². The average molecular weight is 421 g/mol. The summed E-state index contributed by atoms with van der Waals surface area (Å²) in [6, 6.07) is 3.28. The predicted octanol–water partition coefficient (Wildman–Crippen LogP) is 2.21. The molecular weight excluding hydrogens is 400 g/mol. The Morgan fingerprint density at radius 3 is 2.90 bits per heavy atom. The Hall–Kier alpha value is -3.37. The zero-order chi connectivity index (χ0) is 21.4. The summed E-state index contributed by atoms with van der Waals surface area (Å²) in [5.74, 6) is 0.621. The van der Waals surface area contributed by atoms with Crippen molar-refractivity contribution in [1.29, 1.82) is 0 Å². The highest BCUT2D eigenvalue weighted by molar-refractivity contribution is 5.90. The molecule has 9 nitrogen and oxygen atoms in total. The van der Waals surface area contributed by atoms with Crippen molar-refractivity contribution in [3.63, 3.8) is 0 Å². The van der Waals surface area contributed by atoms with E-state index in [1.807, 2.05) is 4.57 Å². The maximum absolute atomic E-state index is 13.3. The number of imidazole rings is 1. The number of aromatic nitrogens is 2. The highest BCUT2D eigenvalue weighted by Gasteiger charge is 2.42. The van der Waals surface area contributed by atoms with Crippen molar-refractivity contribution < 1.29 is 27.8 Å². The quantitative estimate of drug-likeness (QED) is 0.766. The standard InChI is InChI=1S/C19H21F2N5O4/c1-10(17(22)27)23-11-3-4-12-14(7-11)29-6-2-5-25-8-15(24-18(12)25)26-13(16(20)21)9-30-19(26)28/h3-4,7-8,10,13,16,23H,2,5-6,9H2,1H3,(H2,22,27)/t10-,13-/m0/s1. The fourth-order valence-electron chi connectivity index (χ4n) is 3.44. The third-order valence-corrected chi connectivity index (χ3v) is 5.04. The highest BCUT2D eigenvalue weighted by atomic mass is 19.3. The first kappa shape index (κ1) is 19.9. The van der Waals surface area contributed by atoms with E-state index >= 15 is 0 Å². The van der Waals surface area contributed by atoms with Gasteiger partial charge in [-0.15, -0.1) is 0 Å².